The molecule has 0 N–H and O–H groups in total. The Morgan fingerprint density at radius 1 is 1.08 bits per heavy atom. The highest BCUT2D eigenvalue weighted by atomic mass is 13.9. The molecule has 0 aromatic carbocycles. The molecule has 0 aromatic heterocycles. The van der Waals surface area contributed by atoms with Crippen LogP contribution >= 0.6 is 0 Å². The standard InChI is InChI=1S/C12H20/c1-3-5-7-9-11-12-10-8-6-4-2/h5,11-12H,1,4,6-10H2,2H3. The molecule has 0 heteroatoms. The molecule has 0 bridgehead atoms. The summed E-state index contributed by atoms with van der Waals surface area (Å²) in [5.41, 5.74) is 2.77. The van der Waals surface area contributed by atoms with Gasteiger partial charge in [0.05, 0.1) is 0 Å². The van der Waals surface area contributed by atoms with Crippen molar-refractivity contribution in [1.29, 1.82) is 0 Å². The second kappa shape index (κ2) is 10.3. The summed E-state index contributed by atoms with van der Waals surface area (Å²) in [4.78, 5) is 0. The average Bonchev–Trinajstić information content (AvgIpc) is 2.10. The van der Waals surface area contributed by atoms with Gasteiger partial charge in [0.1, 0.15) is 0 Å². The SMILES string of the molecule is C=C=CCCC=CCCCCC. The fourth-order valence-electron chi connectivity index (χ4n) is 1.03. The molecular weight excluding hydrogens is 144 g/mol. The van der Waals surface area contributed by atoms with Crippen LogP contribution in [-0.4, -0.2) is 0 Å². The third kappa shape index (κ3) is 9.26. The maximum atomic E-state index is 3.51. The van der Waals surface area contributed by atoms with Crippen molar-refractivity contribution in [2.75, 3.05) is 0 Å². The van der Waals surface area contributed by atoms with E-state index in [0.717, 1.165) is 12.8 Å². The maximum Gasteiger partial charge on any atom is -0.0240 e. The third-order valence-electron chi connectivity index (χ3n) is 1.76. The van der Waals surface area contributed by atoms with E-state index in [-0.39, 0.29) is 0 Å². The highest BCUT2D eigenvalue weighted by Crippen LogP contribution is 2.01. The van der Waals surface area contributed by atoms with E-state index in [0.29, 0.717) is 0 Å². The second-order valence-electron chi connectivity index (χ2n) is 2.95. The van der Waals surface area contributed by atoms with E-state index >= 15 is 0 Å². The Morgan fingerprint density at radius 3 is 2.50 bits per heavy atom. The summed E-state index contributed by atoms with van der Waals surface area (Å²) < 4.78 is 0. The van der Waals surface area contributed by atoms with Gasteiger partial charge in [0.2, 0.25) is 0 Å². The highest BCUT2D eigenvalue weighted by molar-refractivity contribution is 4.85. The summed E-state index contributed by atoms with van der Waals surface area (Å²) in [6, 6.07) is 0. The lowest BCUT2D eigenvalue weighted by Gasteiger charge is -1.90. The molecule has 0 aliphatic heterocycles. The summed E-state index contributed by atoms with van der Waals surface area (Å²) in [5.74, 6) is 0. The molecule has 0 aliphatic rings. The normalized spacial score (nSPS) is 10.1. The molecule has 0 spiro atoms. The van der Waals surface area contributed by atoms with E-state index in [1.54, 1.807) is 0 Å². The fraction of sp³-hybridized carbons (Fsp3) is 0.583. The summed E-state index contributed by atoms with van der Waals surface area (Å²) in [6.07, 6.45) is 14.0. The largest absolute Gasteiger partial charge is 0.133 e. The minimum absolute atomic E-state index is 1.08. The van der Waals surface area contributed by atoms with Crippen molar-refractivity contribution in [3.05, 3.63) is 30.5 Å². The molecule has 0 saturated heterocycles. The van der Waals surface area contributed by atoms with Crippen molar-refractivity contribution in [2.45, 2.75) is 45.4 Å². The van der Waals surface area contributed by atoms with Gasteiger partial charge < -0.3 is 0 Å². The highest BCUT2D eigenvalue weighted by Gasteiger charge is 1.81. The molecule has 0 amide bonds. The van der Waals surface area contributed by atoms with E-state index in [9.17, 15) is 0 Å². The van der Waals surface area contributed by atoms with Crippen LogP contribution in [0.25, 0.3) is 0 Å². The molecular formula is C12H20. The Labute approximate surface area is 76.7 Å². The van der Waals surface area contributed by atoms with Crippen molar-refractivity contribution in [1.82, 2.24) is 0 Å². The summed E-state index contributed by atoms with van der Waals surface area (Å²) in [6.45, 7) is 5.75. The smallest absolute Gasteiger partial charge is 0.0240 e. The van der Waals surface area contributed by atoms with Gasteiger partial charge in [-0.1, -0.05) is 38.5 Å². The van der Waals surface area contributed by atoms with Crippen LogP contribution in [0, 0.1) is 0 Å². The molecule has 12 heavy (non-hydrogen) atoms. The van der Waals surface area contributed by atoms with E-state index in [1.807, 2.05) is 6.08 Å². The lowest BCUT2D eigenvalue weighted by molar-refractivity contribution is 0.728. The predicted molar refractivity (Wildman–Crippen MR) is 56.2 cm³/mol. The van der Waals surface area contributed by atoms with Gasteiger partial charge in [-0.3, -0.25) is 0 Å². The van der Waals surface area contributed by atoms with Crippen molar-refractivity contribution >= 4 is 0 Å². The van der Waals surface area contributed by atoms with Crippen molar-refractivity contribution in [3.8, 4) is 0 Å². The van der Waals surface area contributed by atoms with Gasteiger partial charge in [0.15, 0.2) is 0 Å². The minimum atomic E-state index is 1.08. The van der Waals surface area contributed by atoms with Crippen LogP contribution < -0.4 is 0 Å². The van der Waals surface area contributed by atoms with Gasteiger partial charge in [-0.25, -0.2) is 0 Å². The quantitative estimate of drug-likeness (QED) is 0.300. The summed E-state index contributed by atoms with van der Waals surface area (Å²) >= 11 is 0. The fourth-order valence-corrected chi connectivity index (χ4v) is 1.03. The molecule has 0 unspecified atom stereocenters. The molecule has 0 rings (SSSR count). The zero-order valence-electron chi connectivity index (χ0n) is 8.18. The molecule has 0 radical (unpaired) electrons. The third-order valence-corrected chi connectivity index (χ3v) is 1.76. The van der Waals surface area contributed by atoms with E-state index in [4.69, 9.17) is 0 Å². The number of rotatable bonds is 7. The molecule has 0 fully saturated rings. The Morgan fingerprint density at radius 2 is 1.83 bits per heavy atom. The molecule has 0 saturated carbocycles. The molecule has 0 aromatic rings. The van der Waals surface area contributed by atoms with Crippen LogP contribution in [0.4, 0.5) is 0 Å². The zero-order chi connectivity index (χ0) is 9.07. The first kappa shape index (κ1) is 11.3. The Hall–Kier alpha value is -0.740. The van der Waals surface area contributed by atoms with Crippen molar-refractivity contribution in [2.24, 2.45) is 0 Å². The number of allylic oxidation sites excluding steroid dienone is 3. The van der Waals surface area contributed by atoms with Gasteiger partial charge in [-0.15, -0.1) is 5.73 Å². The van der Waals surface area contributed by atoms with Gasteiger partial charge in [-0.2, -0.15) is 0 Å². The van der Waals surface area contributed by atoms with Crippen LogP contribution in [0.5, 0.6) is 0 Å². The van der Waals surface area contributed by atoms with Crippen molar-refractivity contribution in [3.63, 3.8) is 0 Å². The van der Waals surface area contributed by atoms with Crippen LogP contribution in [0.15, 0.2) is 30.5 Å². The summed E-state index contributed by atoms with van der Waals surface area (Å²) in [7, 11) is 0. The first-order chi connectivity index (χ1) is 5.91. The maximum absolute atomic E-state index is 3.51. The molecule has 0 nitrogen and oxygen atoms in total. The average molecular weight is 164 g/mol. The number of hydrogen-bond donors (Lipinski definition) is 0. The molecule has 0 aliphatic carbocycles. The van der Waals surface area contributed by atoms with Gasteiger partial charge in [0, 0.05) is 0 Å². The number of hydrogen-bond acceptors (Lipinski definition) is 0. The lowest BCUT2D eigenvalue weighted by atomic mass is 10.2. The zero-order valence-corrected chi connectivity index (χ0v) is 8.18. The van der Waals surface area contributed by atoms with E-state index < -0.39 is 0 Å². The van der Waals surface area contributed by atoms with Crippen LogP contribution in [0.2, 0.25) is 0 Å². The first-order valence-corrected chi connectivity index (χ1v) is 4.91. The number of unbranched alkanes of at least 4 members (excludes halogenated alkanes) is 4. The minimum Gasteiger partial charge on any atom is -0.133 e. The van der Waals surface area contributed by atoms with Crippen LogP contribution in [0.3, 0.4) is 0 Å². The first-order valence-electron chi connectivity index (χ1n) is 4.91. The van der Waals surface area contributed by atoms with Crippen molar-refractivity contribution < 1.29 is 0 Å². The molecule has 0 atom stereocenters. The molecule has 68 valence electrons. The Balaban J connectivity index is 3.08. The second-order valence-corrected chi connectivity index (χ2v) is 2.95. The van der Waals surface area contributed by atoms with E-state index in [1.165, 1.54) is 25.7 Å². The predicted octanol–water partition coefficient (Wildman–Crippen LogP) is 4.24. The lowest BCUT2D eigenvalue weighted by Crippen LogP contribution is -1.70. The van der Waals surface area contributed by atoms with Gasteiger partial charge in [0.25, 0.3) is 0 Å². The topological polar surface area (TPSA) is 0 Å². The Kier molecular flexibility index (Phi) is 9.63. The van der Waals surface area contributed by atoms with Gasteiger partial charge in [-0.05, 0) is 31.8 Å². The van der Waals surface area contributed by atoms with Gasteiger partial charge >= 0.3 is 0 Å². The summed E-state index contributed by atoms with van der Waals surface area (Å²) in [5, 5.41) is 0. The Bertz CT molecular complexity index is 147. The monoisotopic (exact) mass is 164 g/mol. The van der Waals surface area contributed by atoms with Crippen LogP contribution in [-0.2, 0) is 0 Å². The van der Waals surface area contributed by atoms with Crippen LogP contribution in [0.1, 0.15) is 45.4 Å². The molecule has 0 heterocycles. The van der Waals surface area contributed by atoms with E-state index in [2.05, 4.69) is 31.4 Å².